The Hall–Kier alpha value is -0.770. The number of hydrogen-bond acceptors (Lipinski definition) is 1. The second-order valence-electron chi connectivity index (χ2n) is 4.73. The van der Waals surface area contributed by atoms with Gasteiger partial charge in [-0.15, -0.1) is 0 Å². The van der Waals surface area contributed by atoms with Gasteiger partial charge in [-0.25, -0.2) is 0 Å². The summed E-state index contributed by atoms with van der Waals surface area (Å²) < 4.78 is 0. The molecule has 0 saturated heterocycles. The van der Waals surface area contributed by atoms with Crippen LogP contribution in [0.15, 0.2) is 11.6 Å². The summed E-state index contributed by atoms with van der Waals surface area (Å²) >= 11 is 0. The first kappa shape index (κ1) is 9.77. The minimum Gasteiger partial charge on any atom is -0.197 e. The minimum atomic E-state index is -0.0430. The van der Waals surface area contributed by atoms with E-state index in [1.54, 1.807) is 0 Å². The Bertz CT molecular complexity index is 263. The number of allylic oxidation sites excluding steroid dienone is 2. The highest BCUT2D eigenvalue weighted by atomic mass is 14.4. The van der Waals surface area contributed by atoms with E-state index >= 15 is 0 Å². The van der Waals surface area contributed by atoms with Gasteiger partial charge in [0.2, 0.25) is 0 Å². The molecule has 1 nitrogen and oxygen atoms in total. The van der Waals surface area contributed by atoms with Crippen LogP contribution in [-0.2, 0) is 0 Å². The summed E-state index contributed by atoms with van der Waals surface area (Å²) in [6, 6.07) is 2.62. The molecule has 0 atom stereocenters. The molecular formula is C13H19N. The molecule has 0 spiro atoms. The van der Waals surface area contributed by atoms with Gasteiger partial charge in [-0.2, -0.15) is 5.26 Å². The number of nitriles is 1. The molecule has 0 amide bonds. The largest absolute Gasteiger partial charge is 0.197 e. The minimum absolute atomic E-state index is 0.0430. The fourth-order valence-corrected chi connectivity index (χ4v) is 2.93. The van der Waals surface area contributed by atoms with Crippen LogP contribution in [0.2, 0.25) is 0 Å². The van der Waals surface area contributed by atoms with E-state index in [0.29, 0.717) is 0 Å². The van der Waals surface area contributed by atoms with Crippen LogP contribution in [0.5, 0.6) is 0 Å². The van der Waals surface area contributed by atoms with E-state index in [1.807, 2.05) is 0 Å². The van der Waals surface area contributed by atoms with Gasteiger partial charge in [0.25, 0.3) is 0 Å². The summed E-state index contributed by atoms with van der Waals surface area (Å²) in [4.78, 5) is 0. The van der Waals surface area contributed by atoms with Gasteiger partial charge in [-0.05, 0) is 38.5 Å². The maximum absolute atomic E-state index is 9.40. The Morgan fingerprint density at radius 1 is 1.07 bits per heavy atom. The number of rotatable bonds is 1. The molecule has 1 fully saturated rings. The van der Waals surface area contributed by atoms with Crippen molar-refractivity contribution < 1.29 is 0 Å². The zero-order valence-corrected chi connectivity index (χ0v) is 8.89. The van der Waals surface area contributed by atoms with Crippen molar-refractivity contribution in [3.05, 3.63) is 11.6 Å². The highest BCUT2D eigenvalue weighted by Gasteiger charge is 2.35. The van der Waals surface area contributed by atoms with E-state index in [-0.39, 0.29) is 5.41 Å². The van der Waals surface area contributed by atoms with Gasteiger partial charge in [-0.3, -0.25) is 0 Å². The molecule has 76 valence electrons. The Morgan fingerprint density at radius 2 is 1.86 bits per heavy atom. The van der Waals surface area contributed by atoms with Crippen molar-refractivity contribution >= 4 is 0 Å². The lowest BCUT2D eigenvalue weighted by atomic mass is 9.67. The standard InChI is InChI=1S/C13H19N/c14-11-13(9-5-2-6-10-13)12-7-3-1-4-8-12/h7H,1-6,8-10H2. The van der Waals surface area contributed by atoms with E-state index in [0.717, 1.165) is 12.8 Å². The van der Waals surface area contributed by atoms with E-state index in [2.05, 4.69) is 12.1 Å². The van der Waals surface area contributed by atoms with Gasteiger partial charge in [0.1, 0.15) is 0 Å². The molecule has 0 bridgehead atoms. The molecule has 0 unspecified atom stereocenters. The van der Waals surface area contributed by atoms with Crippen molar-refractivity contribution in [1.29, 1.82) is 5.26 Å². The first-order valence-electron chi connectivity index (χ1n) is 5.98. The van der Waals surface area contributed by atoms with E-state index in [1.165, 1.54) is 50.5 Å². The summed E-state index contributed by atoms with van der Waals surface area (Å²) in [5, 5.41) is 9.40. The highest BCUT2D eigenvalue weighted by Crippen LogP contribution is 2.45. The fourth-order valence-electron chi connectivity index (χ4n) is 2.93. The highest BCUT2D eigenvalue weighted by molar-refractivity contribution is 5.25. The van der Waals surface area contributed by atoms with Crippen LogP contribution >= 0.6 is 0 Å². The third kappa shape index (κ3) is 1.71. The van der Waals surface area contributed by atoms with Crippen LogP contribution in [-0.4, -0.2) is 0 Å². The van der Waals surface area contributed by atoms with Gasteiger partial charge in [-0.1, -0.05) is 30.9 Å². The van der Waals surface area contributed by atoms with E-state index < -0.39 is 0 Å². The van der Waals surface area contributed by atoms with Gasteiger partial charge in [0.15, 0.2) is 0 Å². The summed E-state index contributed by atoms with van der Waals surface area (Å²) in [7, 11) is 0. The molecule has 2 aliphatic rings. The fraction of sp³-hybridized carbons (Fsp3) is 0.769. The Balaban J connectivity index is 2.18. The van der Waals surface area contributed by atoms with Crippen LogP contribution in [0.25, 0.3) is 0 Å². The zero-order chi connectivity index (χ0) is 9.86. The van der Waals surface area contributed by atoms with Crippen LogP contribution < -0.4 is 0 Å². The van der Waals surface area contributed by atoms with E-state index in [4.69, 9.17) is 0 Å². The predicted molar refractivity (Wildman–Crippen MR) is 57.7 cm³/mol. The van der Waals surface area contributed by atoms with Crippen molar-refractivity contribution in [2.24, 2.45) is 5.41 Å². The quantitative estimate of drug-likeness (QED) is 0.573. The molecule has 0 aromatic heterocycles. The summed E-state index contributed by atoms with van der Waals surface area (Å²) in [5.41, 5.74) is 1.43. The Kier molecular flexibility index (Phi) is 2.91. The average Bonchev–Trinajstić information content (AvgIpc) is 2.31. The third-order valence-corrected chi connectivity index (χ3v) is 3.83. The molecule has 0 aromatic carbocycles. The molecule has 0 radical (unpaired) electrons. The molecule has 2 aliphatic carbocycles. The van der Waals surface area contributed by atoms with E-state index in [9.17, 15) is 5.26 Å². The normalized spacial score (nSPS) is 26.4. The lowest BCUT2D eigenvalue weighted by Gasteiger charge is -2.34. The van der Waals surface area contributed by atoms with Crippen LogP contribution in [0.4, 0.5) is 0 Å². The van der Waals surface area contributed by atoms with Gasteiger partial charge in [0.05, 0.1) is 11.5 Å². The van der Waals surface area contributed by atoms with Gasteiger partial charge < -0.3 is 0 Å². The number of hydrogen-bond donors (Lipinski definition) is 0. The first-order chi connectivity index (χ1) is 6.87. The third-order valence-electron chi connectivity index (χ3n) is 3.83. The van der Waals surface area contributed by atoms with Crippen molar-refractivity contribution in [1.82, 2.24) is 0 Å². The first-order valence-corrected chi connectivity index (χ1v) is 5.98. The molecule has 0 N–H and O–H groups in total. The summed E-state index contributed by atoms with van der Waals surface area (Å²) in [5.74, 6) is 0. The Morgan fingerprint density at radius 3 is 2.43 bits per heavy atom. The Labute approximate surface area is 86.8 Å². The lowest BCUT2D eigenvalue weighted by molar-refractivity contribution is 0.304. The second-order valence-corrected chi connectivity index (χ2v) is 4.73. The molecular weight excluding hydrogens is 170 g/mol. The molecule has 0 aromatic rings. The maximum atomic E-state index is 9.40. The average molecular weight is 189 g/mol. The smallest absolute Gasteiger partial charge is 0.0782 e. The molecule has 2 rings (SSSR count). The van der Waals surface area contributed by atoms with Crippen LogP contribution in [0.1, 0.15) is 57.8 Å². The number of nitrogens with zero attached hydrogens (tertiary/aromatic N) is 1. The van der Waals surface area contributed by atoms with Crippen molar-refractivity contribution in [2.75, 3.05) is 0 Å². The molecule has 1 saturated carbocycles. The van der Waals surface area contributed by atoms with Crippen molar-refractivity contribution in [2.45, 2.75) is 57.8 Å². The SMILES string of the molecule is N#CC1(C2=CCCCC2)CCCCC1. The maximum Gasteiger partial charge on any atom is 0.0782 e. The molecule has 0 heterocycles. The zero-order valence-electron chi connectivity index (χ0n) is 8.89. The van der Waals surface area contributed by atoms with Crippen molar-refractivity contribution in [3.8, 4) is 6.07 Å². The second kappa shape index (κ2) is 4.17. The van der Waals surface area contributed by atoms with Crippen LogP contribution in [0, 0.1) is 16.7 Å². The monoisotopic (exact) mass is 189 g/mol. The topological polar surface area (TPSA) is 23.8 Å². The summed E-state index contributed by atoms with van der Waals surface area (Å²) in [6.45, 7) is 0. The van der Waals surface area contributed by atoms with Gasteiger partial charge >= 0.3 is 0 Å². The van der Waals surface area contributed by atoms with Gasteiger partial charge in [0, 0.05) is 0 Å². The molecule has 0 aliphatic heterocycles. The lowest BCUT2D eigenvalue weighted by Crippen LogP contribution is -2.25. The van der Waals surface area contributed by atoms with Crippen LogP contribution in [0.3, 0.4) is 0 Å². The summed E-state index contributed by atoms with van der Waals surface area (Å²) in [6.07, 6.45) is 13.5. The molecule has 1 heteroatoms. The van der Waals surface area contributed by atoms with Crippen molar-refractivity contribution in [3.63, 3.8) is 0 Å². The predicted octanol–water partition coefficient (Wildman–Crippen LogP) is 3.96. The molecule has 14 heavy (non-hydrogen) atoms.